The average molecular weight is 553 g/mol. The van der Waals surface area contributed by atoms with Gasteiger partial charge < -0.3 is 23.7 Å². The zero-order valence-corrected chi connectivity index (χ0v) is 23.9. The van der Waals surface area contributed by atoms with E-state index in [2.05, 4.69) is 12.1 Å². The zero-order chi connectivity index (χ0) is 28.8. The van der Waals surface area contributed by atoms with Gasteiger partial charge in [-0.2, -0.15) is 0 Å². The van der Waals surface area contributed by atoms with Crippen molar-refractivity contribution in [1.29, 1.82) is 0 Å². The van der Waals surface area contributed by atoms with Gasteiger partial charge in [-0.05, 0) is 60.0 Å². The second-order valence-corrected chi connectivity index (χ2v) is 10.3. The highest BCUT2D eigenvalue weighted by Crippen LogP contribution is 2.43. The first-order valence-electron chi connectivity index (χ1n) is 13.9. The minimum Gasteiger partial charge on any atom is -0.497 e. The Morgan fingerprint density at radius 2 is 1.20 bits per heavy atom. The Bertz CT molecular complexity index is 1360. The van der Waals surface area contributed by atoms with E-state index in [1.165, 1.54) is 0 Å². The molecule has 1 aliphatic rings. The van der Waals surface area contributed by atoms with Crippen LogP contribution in [0.4, 0.5) is 0 Å². The van der Waals surface area contributed by atoms with Gasteiger partial charge in [0.2, 0.25) is 0 Å². The van der Waals surface area contributed by atoms with Gasteiger partial charge in [-0.1, -0.05) is 79.7 Å². The fourth-order valence-corrected chi connectivity index (χ4v) is 5.45. The number of carbonyl (C=O) groups is 1. The molecule has 4 atom stereocenters. The topological polar surface area (TPSA) is 63.2 Å². The van der Waals surface area contributed by atoms with Crippen molar-refractivity contribution in [2.75, 3.05) is 20.8 Å². The fourth-order valence-electron chi connectivity index (χ4n) is 5.45. The average Bonchev–Trinajstić information content (AvgIpc) is 3.30. The van der Waals surface area contributed by atoms with Gasteiger partial charge in [-0.25, -0.2) is 4.79 Å². The molecule has 0 aliphatic carbocycles. The summed E-state index contributed by atoms with van der Waals surface area (Å²) in [4.78, 5) is 13.0. The molecule has 0 aromatic heterocycles. The number of benzene rings is 4. The van der Waals surface area contributed by atoms with E-state index >= 15 is 0 Å². The number of hydrogen-bond donors (Lipinski definition) is 0. The standard InChI is InChI=1S/C35H36O6/c1-24-25(2)40-32(33(24)41-34(36)26-11-7-5-8-12-26)23-39-35(27-13-9-6-10-14-27,28-15-19-30(37-3)20-16-28)29-17-21-31(38-4)22-18-29/h5-22,24-25,32-33H,23H2,1-4H3/t24-,25-,32+,33-/m0/s1. The Morgan fingerprint density at radius 3 is 1.71 bits per heavy atom. The smallest absolute Gasteiger partial charge is 0.338 e. The van der Waals surface area contributed by atoms with Gasteiger partial charge in [-0.15, -0.1) is 0 Å². The van der Waals surface area contributed by atoms with Gasteiger partial charge in [-0.3, -0.25) is 0 Å². The molecule has 1 saturated heterocycles. The van der Waals surface area contributed by atoms with Crippen LogP contribution in [0.3, 0.4) is 0 Å². The molecule has 1 heterocycles. The summed E-state index contributed by atoms with van der Waals surface area (Å²) in [5.41, 5.74) is 2.31. The Hall–Kier alpha value is -4.13. The molecule has 0 amide bonds. The van der Waals surface area contributed by atoms with Crippen LogP contribution in [0.2, 0.25) is 0 Å². The molecule has 0 bridgehead atoms. The third-order valence-corrected chi connectivity index (χ3v) is 7.90. The molecule has 0 N–H and O–H groups in total. The summed E-state index contributed by atoms with van der Waals surface area (Å²) < 4.78 is 30.4. The van der Waals surface area contributed by atoms with E-state index in [1.54, 1.807) is 26.4 Å². The molecule has 4 aromatic carbocycles. The molecule has 5 rings (SSSR count). The summed E-state index contributed by atoms with van der Waals surface area (Å²) in [6, 6.07) is 34.9. The lowest BCUT2D eigenvalue weighted by molar-refractivity contribution is -0.0836. The van der Waals surface area contributed by atoms with E-state index in [0.29, 0.717) is 5.56 Å². The highest BCUT2D eigenvalue weighted by Gasteiger charge is 2.45. The maximum Gasteiger partial charge on any atom is 0.338 e. The monoisotopic (exact) mass is 552 g/mol. The van der Waals surface area contributed by atoms with Crippen molar-refractivity contribution in [3.8, 4) is 11.5 Å². The fraction of sp³-hybridized carbons (Fsp3) is 0.286. The number of methoxy groups -OCH3 is 2. The van der Waals surface area contributed by atoms with Crippen LogP contribution in [0.25, 0.3) is 0 Å². The Morgan fingerprint density at radius 1 is 0.707 bits per heavy atom. The maximum atomic E-state index is 13.0. The number of hydrogen-bond acceptors (Lipinski definition) is 6. The van der Waals surface area contributed by atoms with Gasteiger partial charge >= 0.3 is 5.97 Å². The van der Waals surface area contributed by atoms with Crippen LogP contribution < -0.4 is 9.47 Å². The van der Waals surface area contributed by atoms with E-state index in [4.69, 9.17) is 23.7 Å². The predicted molar refractivity (Wildman–Crippen MR) is 157 cm³/mol. The van der Waals surface area contributed by atoms with E-state index in [-0.39, 0.29) is 24.6 Å². The second kappa shape index (κ2) is 12.6. The molecule has 0 radical (unpaired) electrons. The van der Waals surface area contributed by atoms with Crippen LogP contribution in [0, 0.1) is 5.92 Å². The molecular weight excluding hydrogens is 516 g/mol. The summed E-state index contributed by atoms with van der Waals surface area (Å²) in [5, 5.41) is 0. The molecule has 6 nitrogen and oxygen atoms in total. The van der Waals surface area contributed by atoms with Crippen molar-refractivity contribution >= 4 is 5.97 Å². The Balaban J connectivity index is 1.54. The molecule has 1 aliphatic heterocycles. The first-order valence-corrected chi connectivity index (χ1v) is 13.9. The third kappa shape index (κ3) is 5.85. The predicted octanol–water partition coefficient (Wildman–Crippen LogP) is 6.66. The maximum absolute atomic E-state index is 13.0. The van der Waals surface area contributed by atoms with E-state index in [9.17, 15) is 4.79 Å². The molecule has 0 spiro atoms. The van der Waals surface area contributed by atoms with Crippen LogP contribution in [0.15, 0.2) is 109 Å². The van der Waals surface area contributed by atoms with E-state index < -0.39 is 17.8 Å². The first-order chi connectivity index (χ1) is 20.0. The molecule has 1 fully saturated rings. The molecule has 212 valence electrons. The highest BCUT2D eigenvalue weighted by atomic mass is 16.6. The van der Waals surface area contributed by atoms with Crippen molar-refractivity contribution in [2.24, 2.45) is 5.92 Å². The highest BCUT2D eigenvalue weighted by molar-refractivity contribution is 5.89. The second-order valence-electron chi connectivity index (χ2n) is 10.3. The van der Waals surface area contributed by atoms with Crippen LogP contribution in [-0.4, -0.2) is 45.1 Å². The molecule has 4 aromatic rings. The van der Waals surface area contributed by atoms with Crippen LogP contribution in [0.5, 0.6) is 11.5 Å². The van der Waals surface area contributed by atoms with Crippen molar-refractivity contribution in [2.45, 2.75) is 37.8 Å². The number of rotatable bonds is 10. The molecule has 0 saturated carbocycles. The lowest BCUT2D eigenvalue weighted by atomic mass is 9.80. The van der Waals surface area contributed by atoms with E-state index in [1.807, 2.05) is 98.8 Å². The molecule has 0 unspecified atom stereocenters. The summed E-state index contributed by atoms with van der Waals surface area (Å²) >= 11 is 0. The SMILES string of the molecule is COc1ccc(C(OC[C@H]2O[C@@H](C)[C@H](C)[C@@H]2OC(=O)c2ccccc2)(c2ccccc2)c2ccc(OC)cc2)cc1. The van der Waals surface area contributed by atoms with E-state index in [0.717, 1.165) is 28.2 Å². The zero-order valence-electron chi connectivity index (χ0n) is 23.9. The van der Waals surface area contributed by atoms with Crippen molar-refractivity contribution in [1.82, 2.24) is 0 Å². The number of carbonyl (C=O) groups excluding carboxylic acids is 1. The molecule has 41 heavy (non-hydrogen) atoms. The molecular formula is C35H36O6. The quantitative estimate of drug-likeness (QED) is 0.162. The first kappa shape index (κ1) is 28.4. The minimum atomic E-state index is -0.994. The van der Waals surface area contributed by atoms with Crippen molar-refractivity contribution in [3.05, 3.63) is 131 Å². The van der Waals surface area contributed by atoms with Gasteiger partial charge in [0.15, 0.2) is 0 Å². The van der Waals surface area contributed by atoms with Gasteiger partial charge in [0, 0.05) is 5.92 Å². The van der Waals surface area contributed by atoms with Crippen molar-refractivity contribution < 1.29 is 28.5 Å². The van der Waals surface area contributed by atoms with Gasteiger partial charge in [0.25, 0.3) is 0 Å². The van der Waals surface area contributed by atoms with Crippen LogP contribution in [-0.2, 0) is 19.8 Å². The summed E-state index contributed by atoms with van der Waals surface area (Å²) in [6.45, 7) is 4.24. The summed E-state index contributed by atoms with van der Waals surface area (Å²) in [5.74, 6) is 1.12. The van der Waals surface area contributed by atoms with Crippen LogP contribution >= 0.6 is 0 Å². The molecule has 6 heteroatoms. The Kier molecular flexibility index (Phi) is 8.72. The summed E-state index contributed by atoms with van der Waals surface area (Å²) in [7, 11) is 3.30. The normalized spacial score (nSPS) is 20.4. The third-order valence-electron chi connectivity index (χ3n) is 7.90. The Labute approximate surface area is 241 Å². The lowest BCUT2D eigenvalue weighted by Gasteiger charge is -2.37. The summed E-state index contributed by atoms with van der Waals surface area (Å²) in [6.07, 6.45) is -1.05. The minimum absolute atomic E-state index is 0.00985. The van der Waals surface area contributed by atoms with Crippen molar-refractivity contribution in [3.63, 3.8) is 0 Å². The number of esters is 1. The van der Waals surface area contributed by atoms with Crippen LogP contribution in [0.1, 0.15) is 40.9 Å². The van der Waals surface area contributed by atoms with Gasteiger partial charge in [0.05, 0.1) is 32.5 Å². The van der Waals surface area contributed by atoms with Gasteiger partial charge in [0.1, 0.15) is 29.3 Å². The number of ether oxygens (including phenoxy) is 5. The lowest BCUT2D eigenvalue weighted by Crippen LogP contribution is -2.40. The largest absolute Gasteiger partial charge is 0.497 e.